The van der Waals surface area contributed by atoms with Crippen LogP contribution < -0.4 is 0 Å². The molecule has 2 unspecified atom stereocenters. The van der Waals surface area contributed by atoms with Crippen LogP contribution in [0.25, 0.3) is 0 Å². The van der Waals surface area contributed by atoms with Gasteiger partial charge in [0.25, 0.3) is 0 Å². The fourth-order valence-corrected chi connectivity index (χ4v) is 1.56. The average Bonchev–Trinajstić information content (AvgIpc) is 1.98. The molecule has 1 nitrogen and oxygen atoms in total. The van der Waals surface area contributed by atoms with Crippen molar-refractivity contribution in [2.24, 2.45) is 5.92 Å². The van der Waals surface area contributed by atoms with Crippen molar-refractivity contribution in [3.8, 4) is 0 Å². The first-order chi connectivity index (χ1) is 5.07. The van der Waals surface area contributed by atoms with Crippen LogP contribution in [0.15, 0.2) is 0 Å². The number of nitrogens with zero attached hydrogens (tertiary/aromatic N) is 1. The molecular weight excluding hydrogens is 153 g/mol. The molecule has 0 aromatic carbocycles. The molecule has 0 spiro atoms. The maximum Gasteiger partial charge on any atom is 0.0100 e. The highest BCUT2D eigenvalue weighted by Gasteiger charge is 2.06. The van der Waals surface area contributed by atoms with Crippen molar-refractivity contribution in [2.45, 2.75) is 39.7 Å². The Bertz CT molecular complexity index is 93.6. The summed E-state index contributed by atoms with van der Waals surface area (Å²) in [6, 6.07) is 0.765. The van der Waals surface area contributed by atoms with Crippen LogP contribution in [0.5, 0.6) is 0 Å². The van der Waals surface area contributed by atoms with E-state index in [0.717, 1.165) is 20.7 Å². The Kier molecular flexibility index (Phi) is 6.18. The molecule has 68 valence electrons. The first-order valence-electron chi connectivity index (χ1n) is 4.48. The number of rotatable bonds is 5. The largest absolute Gasteiger partial charge is 0.285 e. The van der Waals surface area contributed by atoms with Crippen molar-refractivity contribution in [3.63, 3.8) is 0 Å². The third kappa shape index (κ3) is 5.64. The van der Waals surface area contributed by atoms with Gasteiger partial charge in [0.15, 0.2) is 0 Å². The number of hydrogen-bond acceptors (Lipinski definition) is 1. The van der Waals surface area contributed by atoms with E-state index in [4.69, 9.17) is 0 Å². The summed E-state index contributed by atoms with van der Waals surface area (Å²) in [6.45, 7) is 9.15. The minimum atomic E-state index is 0.765. The molecule has 0 rings (SSSR count). The van der Waals surface area contributed by atoms with Crippen molar-refractivity contribution >= 4 is 8.73 Å². The fraction of sp³-hybridized carbons (Fsp3) is 1.00. The van der Waals surface area contributed by atoms with Crippen molar-refractivity contribution < 1.29 is 0 Å². The van der Waals surface area contributed by atoms with Gasteiger partial charge in [-0.25, -0.2) is 0 Å². The molecule has 0 saturated carbocycles. The topological polar surface area (TPSA) is 3.24 Å². The molecule has 0 N–H and O–H groups in total. The van der Waals surface area contributed by atoms with E-state index in [0.29, 0.717) is 0 Å². The zero-order valence-corrected chi connectivity index (χ0v) is 9.52. The lowest BCUT2D eigenvalue weighted by molar-refractivity contribution is 0.374. The standard InChI is InChI=1S/C9H22NP/c1-8(2)6-7-9(3)10(4)11-5/h8-9,11H,6-7H2,1-5H3. The summed E-state index contributed by atoms with van der Waals surface area (Å²) in [5, 5.41) is 0. The molecule has 11 heavy (non-hydrogen) atoms. The van der Waals surface area contributed by atoms with E-state index in [1.165, 1.54) is 12.8 Å². The van der Waals surface area contributed by atoms with Crippen LogP contribution in [0, 0.1) is 5.92 Å². The lowest BCUT2D eigenvalue weighted by Crippen LogP contribution is -2.21. The molecular formula is C9H22NP. The Morgan fingerprint density at radius 2 is 1.73 bits per heavy atom. The van der Waals surface area contributed by atoms with E-state index in [-0.39, 0.29) is 0 Å². The first kappa shape index (κ1) is 11.4. The Morgan fingerprint density at radius 1 is 1.18 bits per heavy atom. The normalized spacial score (nSPS) is 15.5. The summed E-state index contributed by atoms with van der Waals surface area (Å²) in [5.74, 6) is 0.853. The predicted octanol–water partition coefficient (Wildman–Crippen LogP) is 2.97. The van der Waals surface area contributed by atoms with Crippen LogP contribution in [0.4, 0.5) is 0 Å². The molecule has 0 aliphatic heterocycles. The van der Waals surface area contributed by atoms with Crippen LogP contribution in [0.2, 0.25) is 0 Å². The van der Waals surface area contributed by atoms with Crippen molar-refractivity contribution in [2.75, 3.05) is 13.7 Å². The van der Waals surface area contributed by atoms with Crippen LogP contribution in [-0.4, -0.2) is 24.4 Å². The molecule has 2 atom stereocenters. The predicted molar refractivity (Wildman–Crippen MR) is 55.5 cm³/mol. The van der Waals surface area contributed by atoms with Gasteiger partial charge in [-0.2, -0.15) is 0 Å². The summed E-state index contributed by atoms with van der Waals surface area (Å²) in [7, 11) is 3.16. The monoisotopic (exact) mass is 175 g/mol. The van der Waals surface area contributed by atoms with Gasteiger partial charge in [-0.15, -0.1) is 0 Å². The second kappa shape index (κ2) is 5.97. The summed E-state index contributed by atoms with van der Waals surface area (Å²) in [4.78, 5) is 0. The fourth-order valence-electron chi connectivity index (χ4n) is 0.989. The first-order valence-corrected chi connectivity index (χ1v) is 5.92. The molecule has 0 saturated heterocycles. The quantitative estimate of drug-likeness (QED) is 0.581. The molecule has 0 aliphatic rings. The molecule has 0 aliphatic carbocycles. The Balaban J connectivity index is 3.43. The SMILES string of the molecule is CPN(C)C(C)CCC(C)C. The molecule has 0 aromatic heterocycles. The van der Waals surface area contributed by atoms with E-state index >= 15 is 0 Å². The van der Waals surface area contributed by atoms with Crippen molar-refractivity contribution in [1.29, 1.82) is 0 Å². The van der Waals surface area contributed by atoms with Gasteiger partial charge in [0, 0.05) is 6.04 Å². The molecule has 2 heteroatoms. The summed E-state index contributed by atoms with van der Waals surface area (Å²) >= 11 is 0. The average molecular weight is 175 g/mol. The van der Waals surface area contributed by atoms with Crippen molar-refractivity contribution in [3.05, 3.63) is 0 Å². The van der Waals surface area contributed by atoms with Gasteiger partial charge in [-0.05, 0) is 39.4 Å². The van der Waals surface area contributed by atoms with Crippen LogP contribution in [-0.2, 0) is 0 Å². The highest BCUT2D eigenvalue weighted by atomic mass is 31.1. The zero-order chi connectivity index (χ0) is 8.85. The lowest BCUT2D eigenvalue weighted by atomic mass is 10.0. The van der Waals surface area contributed by atoms with Crippen LogP contribution >= 0.6 is 8.73 Å². The maximum atomic E-state index is 2.43. The molecule has 0 amide bonds. The molecule has 0 aromatic rings. The smallest absolute Gasteiger partial charge is 0.0100 e. The number of hydrogen-bond donors (Lipinski definition) is 0. The minimum Gasteiger partial charge on any atom is -0.285 e. The van der Waals surface area contributed by atoms with Gasteiger partial charge in [0.1, 0.15) is 0 Å². The van der Waals surface area contributed by atoms with Crippen LogP contribution in [0.3, 0.4) is 0 Å². The third-order valence-corrected chi connectivity index (χ3v) is 3.32. The summed E-state index contributed by atoms with van der Waals surface area (Å²) < 4.78 is 2.43. The van der Waals surface area contributed by atoms with E-state index < -0.39 is 0 Å². The minimum absolute atomic E-state index is 0.765. The Hall–Kier alpha value is 0.390. The molecule has 0 radical (unpaired) electrons. The highest BCUT2D eigenvalue weighted by molar-refractivity contribution is 7.34. The molecule has 0 bridgehead atoms. The van der Waals surface area contributed by atoms with E-state index in [9.17, 15) is 0 Å². The zero-order valence-electron chi connectivity index (χ0n) is 8.52. The third-order valence-electron chi connectivity index (χ3n) is 2.18. The lowest BCUT2D eigenvalue weighted by Gasteiger charge is -2.23. The van der Waals surface area contributed by atoms with Crippen molar-refractivity contribution in [1.82, 2.24) is 4.67 Å². The summed E-state index contributed by atoms with van der Waals surface area (Å²) in [5.41, 5.74) is 0. The second-order valence-electron chi connectivity index (χ2n) is 3.65. The van der Waals surface area contributed by atoms with Gasteiger partial charge >= 0.3 is 0 Å². The van der Waals surface area contributed by atoms with Gasteiger partial charge in [0.2, 0.25) is 0 Å². The molecule has 0 heterocycles. The Labute approximate surface area is 73.4 Å². The Morgan fingerprint density at radius 3 is 2.09 bits per heavy atom. The van der Waals surface area contributed by atoms with Gasteiger partial charge in [0.05, 0.1) is 0 Å². The maximum absolute atomic E-state index is 2.43. The van der Waals surface area contributed by atoms with E-state index in [1.807, 2.05) is 0 Å². The highest BCUT2D eigenvalue weighted by Crippen LogP contribution is 2.18. The van der Waals surface area contributed by atoms with Crippen LogP contribution in [0.1, 0.15) is 33.6 Å². The van der Waals surface area contributed by atoms with E-state index in [2.05, 4.69) is 39.2 Å². The van der Waals surface area contributed by atoms with Gasteiger partial charge < -0.3 is 0 Å². The summed E-state index contributed by atoms with van der Waals surface area (Å²) in [6.07, 6.45) is 2.70. The molecule has 0 fully saturated rings. The van der Waals surface area contributed by atoms with Gasteiger partial charge in [-0.3, -0.25) is 4.67 Å². The van der Waals surface area contributed by atoms with Gasteiger partial charge in [-0.1, -0.05) is 22.6 Å². The van der Waals surface area contributed by atoms with E-state index in [1.54, 1.807) is 0 Å². The second-order valence-corrected chi connectivity index (χ2v) is 4.81.